The highest BCUT2D eigenvalue weighted by Gasteiger charge is 2.49. The Hall–Kier alpha value is -1.55. The fraction of sp³-hybridized carbons (Fsp3) is 0.429. The number of carbonyl (C=O) groups excluding carboxylic acids is 2. The summed E-state index contributed by atoms with van der Waals surface area (Å²) in [5, 5.41) is 0. The molecule has 0 aliphatic carbocycles. The molecular weight excluding hydrogens is 266 g/mol. The van der Waals surface area contributed by atoms with Crippen LogP contribution in [0.3, 0.4) is 0 Å². The first kappa shape index (κ1) is 13.9. The Balaban J connectivity index is 2.43. The lowest BCUT2D eigenvalue weighted by Crippen LogP contribution is -2.42. The van der Waals surface area contributed by atoms with Crippen LogP contribution in [0.25, 0.3) is 0 Å². The van der Waals surface area contributed by atoms with E-state index in [0.29, 0.717) is 11.3 Å². The highest BCUT2D eigenvalue weighted by Crippen LogP contribution is 2.44. The highest BCUT2D eigenvalue weighted by molar-refractivity contribution is 6.42. The minimum Gasteiger partial charge on any atom is -0.443 e. The van der Waals surface area contributed by atoms with Gasteiger partial charge in [0.15, 0.2) is 0 Å². The van der Waals surface area contributed by atoms with Crippen molar-refractivity contribution in [1.82, 2.24) is 0 Å². The summed E-state index contributed by atoms with van der Waals surface area (Å²) in [7, 11) is 0. The fourth-order valence-electron chi connectivity index (χ4n) is 1.99. The number of imide groups is 1. The normalized spacial score (nSPS) is 22.4. The fourth-order valence-corrected chi connectivity index (χ4v) is 2.23. The highest BCUT2D eigenvalue weighted by atomic mass is 35.5. The second-order valence-electron chi connectivity index (χ2n) is 5.64. The molecule has 19 heavy (non-hydrogen) atoms. The van der Waals surface area contributed by atoms with Crippen molar-refractivity contribution in [3.05, 3.63) is 29.8 Å². The van der Waals surface area contributed by atoms with Gasteiger partial charge < -0.3 is 4.74 Å². The molecule has 0 fully saturated rings. The first-order valence-corrected chi connectivity index (χ1v) is 6.38. The lowest BCUT2D eigenvalue weighted by molar-refractivity contribution is -0.119. The second kappa shape index (κ2) is 4.23. The van der Waals surface area contributed by atoms with Crippen LogP contribution in [0.1, 0.15) is 33.3 Å². The molecule has 4 nitrogen and oxygen atoms in total. The number of alkyl halides is 1. The van der Waals surface area contributed by atoms with Gasteiger partial charge in [0.25, 0.3) is 5.91 Å². The van der Waals surface area contributed by atoms with Crippen LogP contribution in [-0.4, -0.2) is 17.6 Å². The molecule has 0 bridgehead atoms. The molecule has 2 rings (SSSR count). The van der Waals surface area contributed by atoms with Gasteiger partial charge in [-0.25, -0.2) is 9.69 Å². The van der Waals surface area contributed by atoms with E-state index in [1.165, 1.54) is 0 Å². The van der Waals surface area contributed by atoms with Crippen molar-refractivity contribution in [3.63, 3.8) is 0 Å². The number of para-hydroxylation sites is 1. The van der Waals surface area contributed by atoms with E-state index >= 15 is 0 Å². The molecule has 0 N–H and O–H groups in total. The number of benzene rings is 1. The molecule has 2 amide bonds. The Morgan fingerprint density at radius 3 is 2.47 bits per heavy atom. The molecule has 0 aromatic heterocycles. The Kier molecular flexibility index (Phi) is 3.09. The van der Waals surface area contributed by atoms with E-state index in [4.69, 9.17) is 16.3 Å². The average molecular weight is 282 g/mol. The number of anilines is 1. The van der Waals surface area contributed by atoms with E-state index in [1.807, 2.05) is 0 Å². The third kappa shape index (κ3) is 2.32. The maximum absolute atomic E-state index is 12.3. The lowest BCUT2D eigenvalue weighted by Gasteiger charge is -2.24. The molecule has 1 atom stereocenters. The van der Waals surface area contributed by atoms with Crippen LogP contribution in [0.5, 0.6) is 0 Å². The molecule has 1 aliphatic rings. The van der Waals surface area contributed by atoms with Crippen molar-refractivity contribution in [1.29, 1.82) is 0 Å². The van der Waals surface area contributed by atoms with Crippen LogP contribution in [0.4, 0.5) is 10.5 Å². The number of hydrogen-bond acceptors (Lipinski definition) is 3. The largest absolute Gasteiger partial charge is 0.443 e. The number of amides is 2. The van der Waals surface area contributed by atoms with Gasteiger partial charge in [0.2, 0.25) is 0 Å². The molecule has 1 aromatic rings. The van der Waals surface area contributed by atoms with Gasteiger partial charge in [-0.15, -0.1) is 11.6 Å². The van der Waals surface area contributed by atoms with Gasteiger partial charge in [-0.1, -0.05) is 18.2 Å². The molecule has 0 saturated heterocycles. The van der Waals surface area contributed by atoms with E-state index in [1.54, 1.807) is 52.0 Å². The number of rotatable bonds is 0. The lowest BCUT2D eigenvalue weighted by atomic mass is 10.0. The third-order valence-electron chi connectivity index (χ3n) is 2.83. The SMILES string of the molecule is CC(C)(C)OC(=O)N1C(=O)C(C)(Cl)c2ccccc21. The van der Waals surface area contributed by atoms with Gasteiger partial charge >= 0.3 is 6.09 Å². The summed E-state index contributed by atoms with van der Waals surface area (Å²) in [5.41, 5.74) is 0.434. The maximum atomic E-state index is 12.3. The van der Waals surface area contributed by atoms with Gasteiger partial charge in [-0.3, -0.25) is 4.79 Å². The molecule has 1 heterocycles. The van der Waals surface area contributed by atoms with E-state index in [0.717, 1.165) is 4.90 Å². The number of ether oxygens (including phenoxy) is 1. The number of fused-ring (bicyclic) bond motifs is 1. The number of hydrogen-bond donors (Lipinski definition) is 0. The van der Waals surface area contributed by atoms with Gasteiger partial charge in [0.05, 0.1) is 5.69 Å². The van der Waals surface area contributed by atoms with Crippen molar-refractivity contribution in [2.24, 2.45) is 0 Å². The van der Waals surface area contributed by atoms with E-state index in [9.17, 15) is 9.59 Å². The topological polar surface area (TPSA) is 46.6 Å². The predicted molar refractivity (Wildman–Crippen MR) is 73.4 cm³/mol. The Labute approximate surface area is 117 Å². The zero-order chi connectivity index (χ0) is 14.4. The summed E-state index contributed by atoms with van der Waals surface area (Å²) in [6.07, 6.45) is -0.700. The van der Waals surface area contributed by atoms with Crippen molar-refractivity contribution in [3.8, 4) is 0 Å². The second-order valence-corrected chi connectivity index (χ2v) is 6.40. The summed E-state index contributed by atoms with van der Waals surface area (Å²) >= 11 is 6.26. The molecule has 0 spiro atoms. The third-order valence-corrected chi connectivity index (χ3v) is 3.20. The number of nitrogens with zero attached hydrogens (tertiary/aromatic N) is 1. The first-order valence-electron chi connectivity index (χ1n) is 6.00. The zero-order valence-corrected chi connectivity index (χ0v) is 12.1. The molecule has 1 aromatic carbocycles. The van der Waals surface area contributed by atoms with E-state index in [-0.39, 0.29) is 0 Å². The van der Waals surface area contributed by atoms with Gasteiger partial charge in [-0.2, -0.15) is 0 Å². The van der Waals surface area contributed by atoms with Gasteiger partial charge in [-0.05, 0) is 33.8 Å². The van der Waals surface area contributed by atoms with Crippen molar-refractivity contribution < 1.29 is 14.3 Å². The van der Waals surface area contributed by atoms with E-state index < -0.39 is 22.5 Å². The quantitative estimate of drug-likeness (QED) is 0.685. The summed E-state index contributed by atoms with van der Waals surface area (Å²) in [4.78, 5) is 24.2. The average Bonchev–Trinajstić information content (AvgIpc) is 2.46. The molecule has 102 valence electrons. The van der Waals surface area contributed by atoms with Crippen LogP contribution >= 0.6 is 11.6 Å². The summed E-state index contributed by atoms with van der Waals surface area (Å²) in [6, 6.07) is 6.96. The predicted octanol–water partition coefficient (Wildman–Crippen LogP) is 3.42. The molecule has 0 radical (unpaired) electrons. The minimum absolute atomic E-state index is 0.482. The summed E-state index contributed by atoms with van der Waals surface area (Å²) < 4.78 is 5.25. The number of halogens is 1. The van der Waals surface area contributed by atoms with Crippen molar-refractivity contribution in [2.75, 3.05) is 4.90 Å². The van der Waals surface area contributed by atoms with Crippen LogP contribution in [-0.2, 0) is 14.4 Å². The van der Waals surface area contributed by atoms with Crippen LogP contribution in [0.15, 0.2) is 24.3 Å². The summed E-state index contributed by atoms with van der Waals surface area (Å²) in [5.74, 6) is -0.482. The Bertz CT molecular complexity index is 546. The summed E-state index contributed by atoms with van der Waals surface area (Å²) in [6.45, 7) is 6.83. The monoisotopic (exact) mass is 281 g/mol. The van der Waals surface area contributed by atoms with Crippen LogP contribution < -0.4 is 4.90 Å². The van der Waals surface area contributed by atoms with Crippen molar-refractivity contribution >= 4 is 29.3 Å². The zero-order valence-electron chi connectivity index (χ0n) is 11.4. The standard InChI is InChI=1S/C14H16ClNO3/c1-13(2,3)19-12(18)16-10-8-6-5-7-9(10)14(4,15)11(16)17/h5-8H,1-4H3. The van der Waals surface area contributed by atoms with Crippen LogP contribution in [0, 0.1) is 0 Å². The molecular formula is C14H16ClNO3. The van der Waals surface area contributed by atoms with Gasteiger partial charge in [0.1, 0.15) is 10.5 Å². The smallest absolute Gasteiger partial charge is 0.421 e. The van der Waals surface area contributed by atoms with E-state index in [2.05, 4.69) is 0 Å². The first-order chi connectivity index (χ1) is 8.64. The Morgan fingerprint density at radius 1 is 1.32 bits per heavy atom. The minimum atomic E-state index is -1.23. The maximum Gasteiger partial charge on any atom is 0.421 e. The van der Waals surface area contributed by atoms with Gasteiger partial charge in [0, 0.05) is 5.56 Å². The molecule has 1 aliphatic heterocycles. The molecule has 1 unspecified atom stereocenters. The molecule has 5 heteroatoms. The van der Waals surface area contributed by atoms with Crippen molar-refractivity contribution in [2.45, 2.75) is 38.2 Å². The van der Waals surface area contributed by atoms with Crippen LogP contribution in [0.2, 0.25) is 0 Å². The number of carbonyl (C=O) groups is 2. The Morgan fingerprint density at radius 2 is 1.89 bits per heavy atom. The molecule has 0 saturated carbocycles.